The van der Waals surface area contributed by atoms with Gasteiger partial charge in [-0.3, -0.25) is 9.10 Å². The third kappa shape index (κ3) is 5.83. The molecule has 0 radical (unpaired) electrons. The zero-order chi connectivity index (χ0) is 22.7. The molecule has 0 atom stereocenters. The zero-order valence-corrected chi connectivity index (χ0v) is 19.7. The van der Waals surface area contributed by atoms with Gasteiger partial charge in [0.25, 0.3) is 15.9 Å². The van der Waals surface area contributed by atoms with Crippen LogP contribution in [0, 0.1) is 19.3 Å². The highest BCUT2D eigenvalue weighted by molar-refractivity contribution is 7.92. The number of halogens is 1. The molecule has 6 nitrogen and oxygen atoms in total. The molecule has 0 saturated carbocycles. The predicted molar refractivity (Wildman–Crippen MR) is 123 cm³/mol. The van der Waals surface area contributed by atoms with Crippen LogP contribution < -0.4 is 9.73 Å². The molecule has 0 bridgehead atoms. The molecule has 1 amide bonds. The molecule has 30 heavy (non-hydrogen) atoms. The van der Waals surface area contributed by atoms with E-state index in [1.165, 1.54) is 12.1 Å². The van der Waals surface area contributed by atoms with Crippen molar-refractivity contribution < 1.29 is 13.2 Å². The van der Waals surface area contributed by atoms with Crippen LogP contribution in [-0.4, -0.2) is 26.6 Å². The summed E-state index contributed by atoms with van der Waals surface area (Å²) >= 11 is 6.12. The number of hydrogen-bond donors (Lipinski definition) is 1. The molecule has 0 aliphatic rings. The third-order valence-corrected chi connectivity index (χ3v) is 6.78. The summed E-state index contributed by atoms with van der Waals surface area (Å²) in [5.74, 6) is -0.548. The van der Waals surface area contributed by atoms with Crippen LogP contribution in [0.3, 0.4) is 0 Å². The van der Waals surface area contributed by atoms with E-state index in [4.69, 9.17) is 11.6 Å². The van der Waals surface area contributed by atoms with Crippen LogP contribution in [0.4, 0.5) is 5.69 Å². The van der Waals surface area contributed by atoms with E-state index in [1.54, 1.807) is 37.3 Å². The molecule has 0 aliphatic heterocycles. The number of anilines is 1. The van der Waals surface area contributed by atoms with E-state index in [0.29, 0.717) is 16.3 Å². The summed E-state index contributed by atoms with van der Waals surface area (Å²) < 4.78 is 27.9. The van der Waals surface area contributed by atoms with Gasteiger partial charge in [0.1, 0.15) is 6.54 Å². The van der Waals surface area contributed by atoms with E-state index in [-0.39, 0.29) is 10.3 Å². The van der Waals surface area contributed by atoms with Crippen molar-refractivity contribution >= 4 is 38.9 Å². The van der Waals surface area contributed by atoms with E-state index in [1.807, 2.05) is 34.6 Å². The zero-order valence-electron chi connectivity index (χ0n) is 18.2. The van der Waals surface area contributed by atoms with Crippen LogP contribution in [-0.2, 0) is 14.8 Å². The summed E-state index contributed by atoms with van der Waals surface area (Å²) in [6.07, 6.45) is 0. The molecular weight excluding hydrogens is 422 g/mol. The van der Waals surface area contributed by atoms with Gasteiger partial charge in [0.05, 0.1) is 10.6 Å². The molecule has 2 aromatic carbocycles. The standard InChI is InChI=1S/C22H28ClN3O3S/c1-15-7-11-19(12-8-15)30(28,29)26(20-13-18(23)10-9-16(20)2)14-21(27)25-24-17(3)22(4,5)6/h7-13H,14H2,1-6H3,(H,25,27)/b24-17-. The van der Waals surface area contributed by atoms with E-state index in [2.05, 4.69) is 10.5 Å². The number of rotatable bonds is 6. The SMILES string of the molecule is C/C(=N/NC(=O)CN(c1cc(Cl)ccc1C)S(=O)(=O)c1ccc(C)cc1)C(C)(C)C. The molecule has 0 aliphatic carbocycles. The Morgan fingerprint density at radius 1 is 1.10 bits per heavy atom. The van der Waals surface area contributed by atoms with Gasteiger partial charge in [-0.25, -0.2) is 13.8 Å². The summed E-state index contributed by atoms with van der Waals surface area (Å²) in [5, 5.41) is 4.49. The van der Waals surface area contributed by atoms with E-state index < -0.39 is 22.5 Å². The quantitative estimate of drug-likeness (QED) is 0.513. The van der Waals surface area contributed by atoms with Gasteiger partial charge in [-0.15, -0.1) is 0 Å². The molecule has 0 heterocycles. The molecule has 0 fully saturated rings. The van der Waals surface area contributed by atoms with Crippen LogP contribution in [0.15, 0.2) is 52.5 Å². The second-order valence-electron chi connectivity index (χ2n) is 8.24. The molecule has 2 aromatic rings. The Morgan fingerprint density at radius 3 is 2.27 bits per heavy atom. The molecule has 8 heteroatoms. The van der Waals surface area contributed by atoms with Gasteiger partial charge >= 0.3 is 0 Å². The fraction of sp³-hybridized carbons (Fsp3) is 0.364. The lowest BCUT2D eigenvalue weighted by Crippen LogP contribution is -2.40. The molecule has 0 unspecified atom stereocenters. The normalized spacial score (nSPS) is 12.6. The van der Waals surface area contributed by atoms with Gasteiger partial charge in [0.15, 0.2) is 0 Å². The lowest BCUT2D eigenvalue weighted by Gasteiger charge is -2.25. The van der Waals surface area contributed by atoms with Crippen molar-refractivity contribution in [3.8, 4) is 0 Å². The molecular formula is C22H28ClN3O3S. The molecule has 162 valence electrons. The Morgan fingerprint density at radius 2 is 1.70 bits per heavy atom. The van der Waals surface area contributed by atoms with Crippen molar-refractivity contribution in [2.45, 2.75) is 46.4 Å². The number of carbonyl (C=O) groups excluding carboxylic acids is 1. The summed E-state index contributed by atoms with van der Waals surface area (Å²) in [7, 11) is -4.01. The monoisotopic (exact) mass is 449 g/mol. The van der Waals surface area contributed by atoms with Crippen LogP contribution in [0.1, 0.15) is 38.8 Å². The highest BCUT2D eigenvalue weighted by Crippen LogP contribution is 2.29. The lowest BCUT2D eigenvalue weighted by atomic mass is 9.91. The first-order valence-corrected chi connectivity index (χ1v) is 11.3. The van der Waals surface area contributed by atoms with E-state index in [0.717, 1.165) is 15.6 Å². The summed E-state index contributed by atoms with van der Waals surface area (Å²) in [6, 6.07) is 11.4. The fourth-order valence-electron chi connectivity index (χ4n) is 2.47. The molecule has 0 saturated heterocycles. The van der Waals surface area contributed by atoms with Crippen LogP contribution >= 0.6 is 11.6 Å². The average Bonchev–Trinajstić information content (AvgIpc) is 2.65. The first kappa shape index (κ1) is 23.9. The first-order valence-electron chi connectivity index (χ1n) is 9.51. The number of sulfonamides is 1. The highest BCUT2D eigenvalue weighted by atomic mass is 35.5. The number of nitrogens with zero attached hydrogens (tertiary/aromatic N) is 2. The van der Waals surface area contributed by atoms with Crippen LogP contribution in [0.5, 0.6) is 0 Å². The third-order valence-electron chi connectivity index (χ3n) is 4.77. The smallest absolute Gasteiger partial charge is 0.264 e. The van der Waals surface area contributed by atoms with Crippen molar-refractivity contribution in [2.24, 2.45) is 10.5 Å². The largest absolute Gasteiger partial charge is 0.271 e. The Bertz CT molecular complexity index is 1060. The lowest BCUT2D eigenvalue weighted by molar-refractivity contribution is -0.119. The van der Waals surface area contributed by atoms with Gasteiger partial charge in [-0.1, -0.05) is 56.1 Å². The van der Waals surface area contributed by atoms with Crippen molar-refractivity contribution in [2.75, 3.05) is 10.8 Å². The van der Waals surface area contributed by atoms with E-state index in [9.17, 15) is 13.2 Å². The van der Waals surface area contributed by atoms with Gasteiger partial charge in [0, 0.05) is 16.1 Å². The van der Waals surface area contributed by atoms with Crippen molar-refractivity contribution in [1.82, 2.24) is 5.43 Å². The van der Waals surface area contributed by atoms with Gasteiger partial charge < -0.3 is 0 Å². The van der Waals surface area contributed by atoms with Crippen molar-refractivity contribution in [1.29, 1.82) is 0 Å². The van der Waals surface area contributed by atoms with Crippen LogP contribution in [0.25, 0.3) is 0 Å². The van der Waals surface area contributed by atoms with Crippen molar-refractivity contribution in [3.63, 3.8) is 0 Å². The number of amides is 1. The number of aryl methyl sites for hydroxylation is 2. The van der Waals surface area contributed by atoms with Crippen LogP contribution in [0.2, 0.25) is 5.02 Å². The fourth-order valence-corrected chi connectivity index (χ4v) is 4.11. The molecule has 0 aromatic heterocycles. The number of hydrazone groups is 1. The molecule has 1 N–H and O–H groups in total. The molecule has 2 rings (SSSR count). The Kier molecular flexibility index (Phi) is 7.31. The topological polar surface area (TPSA) is 78.8 Å². The number of hydrogen-bond acceptors (Lipinski definition) is 4. The summed E-state index contributed by atoms with van der Waals surface area (Å²) in [4.78, 5) is 12.7. The second kappa shape index (κ2) is 9.18. The second-order valence-corrected chi connectivity index (χ2v) is 10.5. The Labute approximate surface area is 184 Å². The maximum absolute atomic E-state index is 13.4. The first-order chi connectivity index (χ1) is 13.8. The maximum Gasteiger partial charge on any atom is 0.264 e. The number of benzene rings is 2. The minimum absolute atomic E-state index is 0.0923. The van der Waals surface area contributed by atoms with E-state index >= 15 is 0 Å². The molecule has 0 spiro atoms. The maximum atomic E-state index is 13.4. The van der Waals surface area contributed by atoms with Gasteiger partial charge in [-0.2, -0.15) is 5.10 Å². The Balaban J connectivity index is 2.46. The number of carbonyl (C=O) groups is 1. The van der Waals surface area contributed by atoms with Gasteiger partial charge in [-0.05, 0) is 50.6 Å². The summed E-state index contributed by atoms with van der Waals surface area (Å²) in [6.45, 7) is 10.9. The Hall–Kier alpha value is -2.38. The average molecular weight is 450 g/mol. The minimum Gasteiger partial charge on any atom is -0.271 e. The minimum atomic E-state index is -4.01. The predicted octanol–water partition coefficient (Wildman–Crippen LogP) is 4.69. The number of nitrogens with one attached hydrogen (secondary N) is 1. The summed E-state index contributed by atoms with van der Waals surface area (Å²) in [5.41, 5.74) is 4.93. The van der Waals surface area contributed by atoms with Crippen molar-refractivity contribution in [3.05, 3.63) is 58.6 Å². The highest BCUT2D eigenvalue weighted by Gasteiger charge is 2.28. The van der Waals surface area contributed by atoms with Gasteiger partial charge in [0.2, 0.25) is 0 Å².